The zero-order chi connectivity index (χ0) is 15.5. The van der Waals surface area contributed by atoms with Crippen LogP contribution in [-0.2, 0) is 10.0 Å². The molecule has 1 aromatic carbocycles. The molecule has 4 nitrogen and oxygen atoms in total. The minimum Gasteiger partial charge on any atom is -0.492 e. The number of ether oxygens (including phenoxy) is 1. The van der Waals surface area contributed by atoms with Crippen molar-refractivity contribution in [3.63, 3.8) is 0 Å². The molecule has 0 saturated carbocycles. The zero-order valence-electron chi connectivity index (χ0n) is 11.1. The van der Waals surface area contributed by atoms with Gasteiger partial charge in [-0.05, 0) is 52.3 Å². The lowest BCUT2D eigenvalue weighted by molar-refractivity contribution is 0.287. The molecule has 0 spiro atoms. The molecule has 2 rings (SSSR count). The second-order valence-corrected chi connectivity index (χ2v) is 9.36. The summed E-state index contributed by atoms with van der Waals surface area (Å²) in [4.78, 5) is 0. The van der Waals surface area contributed by atoms with Crippen LogP contribution in [0.15, 0.2) is 44.4 Å². The quantitative estimate of drug-likeness (QED) is 0.726. The number of hydrogen-bond acceptors (Lipinski definition) is 4. The smallest absolute Gasteiger partial charge is 0.252 e. The van der Waals surface area contributed by atoms with Gasteiger partial charge in [-0.2, -0.15) is 4.31 Å². The van der Waals surface area contributed by atoms with Gasteiger partial charge < -0.3 is 4.74 Å². The van der Waals surface area contributed by atoms with E-state index in [4.69, 9.17) is 16.3 Å². The number of likely N-dealkylation sites (N-methyl/N-ethyl adjacent to an activating group) is 1. The first-order valence-electron chi connectivity index (χ1n) is 5.99. The molecule has 2 aromatic rings. The van der Waals surface area contributed by atoms with Crippen LogP contribution in [0.2, 0.25) is 5.02 Å². The standard InChI is InChI=1S/C13H13BrClNO3S2/c1-16(21(17,18)13-7-6-12(14)20-13)8-9-19-11-4-2-10(15)3-5-11/h2-7H,8-9H2,1H3. The average Bonchev–Trinajstić information content (AvgIpc) is 2.88. The zero-order valence-corrected chi connectivity index (χ0v) is 15.1. The number of nitrogens with zero attached hydrogens (tertiary/aromatic N) is 1. The maximum absolute atomic E-state index is 12.3. The fourth-order valence-corrected chi connectivity index (χ4v) is 5.03. The molecule has 21 heavy (non-hydrogen) atoms. The molecule has 0 aliphatic heterocycles. The number of hydrogen-bond donors (Lipinski definition) is 0. The largest absolute Gasteiger partial charge is 0.492 e. The van der Waals surface area contributed by atoms with Crippen LogP contribution in [0.4, 0.5) is 0 Å². The Morgan fingerprint density at radius 3 is 2.48 bits per heavy atom. The molecule has 1 aromatic heterocycles. The molecule has 0 atom stereocenters. The van der Waals surface area contributed by atoms with Crippen LogP contribution in [0, 0.1) is 0 Å². The molecule has 0 N–H and O–H groups in total. The van der Waals surface area contributed by atoms with E-state index in [-0.39, 0.29) is 13.2 Å². The van der Waals surface area contributed by atoms with Gasteiger partial charge in [-0.1, -0.05) is 11.6 Å². The molecule has 0 unspecified atom stereocenters. The first kappa shape index (κ1) is 16.8. The van der Waals surface area contributed by atoms with E-state index < -0.39 is 10.0 Å². The molecule has 114 valence electrons. The van der Waals surface area contributed by atoms with Crippen LogP contribution in [0.5, 0.6) is 5.75 Å². The third kappa shape index (κ3) is 4.43. The van der Waals surface area contributed by atoms with Gasteiger partial charge >= 0.3 is 0 Å². The SMILES string of the molecule is CN(CCOc1ccc(Cl)cc1)S(=O)(=O)c1ccc(Br)s1. The van der Waals surface area contributed by atoms with Gasteiger partial charge in [0.15, 0.2) is 0 Å². The average molecular weight is 411 g/mol. The molecule has 0 aliphatic rings. The van der Waals surface area contributed by atoms with Gasteiger partial charge in [-0.25, -0.2) is 8.42 Å². The van der Waals surface area contributed by atoms with Crippen molar-refractivity contribution < 1.29 is 13.2 Å². The number of sulfonamides is 1. The summed E-state index contributed by atoms with van der Waals surface area (Å²) < 4.78 is 32.4. The first-order valence-corrected chi connectivity index (χ1v) is 9.42. The van der Waals surface area contributed by atoms with Gasteiger partial charge in [0.2, 0.25) is 0 Å². The number of halogens is 2. The van der Waals surface area contributed by atoms with Crippen molar-refractivity contribution in [2.45, 2.75) is 4.21 Å². The van der Waals surface area contributed by atoms with Crippen molar-refractivity contribution in [3.8, 4) is 5.75 Å². The fraction of sp³-hybridized carbons (Fsp3) is 0.231. The van der Waals surface area contributed by atoms with Gasteiger partial charge in [-0.3, -0.25) is 0 Å². The van der Waals surface area contributed by atoms with Gasteiger partial charge in [0.25, 0.3) is 10.0 Å². The predicted octanol–water partition coefficient (Wildman–Crippen LogP) is 3.86. The maximum atomic E-state index is 12.3. The van der Waals surface area contributed by atoms with Crippen molar-refractivity contribution in [3.05, 3.63) is 45.2 Å². The van der Waals surface area contributed by atoms with Gasteiger partial charge in [0, 0.05) is 18.6 Å². The second-order valence-electron chi connectivity index (χ2n) is 4.19. The van der Waals surface area contributed by atoms with E-state index in [2.05, 4.69) is 15.9 Å². The monoisotopic (exact) mass is 409 g/mol. The Hall–Kier alpha value is -0.600. The summed E-state index contributed by atoms with van der Waals surface area (Å²) in [5, 5.41) is 0.630. The summed E-state index contributed by atoms with van der Waals surface area (Å²) in [6.07, 6.45) is 0. The van der Waals surface area contributed by atoms with Gasteiger partial charge in [0.1, 0.15) is 16.6 Å². The molecule has 0 aliphatic carbocycles. The Balaban J connectivity index is 1.92. The predicted molar refractivity (Wildman–Crippen MR) is 88.8 cm³/mol. The molecule has 0 saturated heterocycles. The van der Waals surface area contributed by atoms with Crippen LogP contribution < -0.4 is 4.74 Å². The highest BCUT2D eigenvalue weighted by atomic mass is 79.9. The van der Waals surface area contributed by atoms with Crippen molar-refractivity contribution in [2.24, 2.45) is 0 Å². The van der Waals surface area contributed by atoms with Crippen molar-refractivity contribution in [1.29, 1.82) is 0 Å². The Morgan fingerprint density at radius 1 is 1.24 bits per heavy atom. The van der Waals surface area contributed by atoms with Crippen LogP contribution in [0.3, 0.4) is 0 Å². The summed E-state index contributed by atoms with van der Waals surface area (Å²) in [7, 11) is -1.92. The second kappa shape index (κ2) is 7.11. The van der Waals surface area contributed by atoms with E-state index in [1.807, 2.05) is 0 Å². The van der Waals surface area contributed by atoms with Crippen molar-refractivity contribution in [2.75, 3.05) is 20.2 Å². The van der Waals surface area contributed by atoms with E-state index in [0.717, 1.165) is 3.79 Å². The lowest BCUT2D eigenvalue weighted by Crippen LogP contribution is -2.30. The van der Waals surface area contributed by atoms with E-state index in [1.165, 1.54) is 22.7 Å². The minimum atomic E-state index is -3.46. The number of rotatable bonds is 6. The van der Waals surface area contributed by atoms with Gasteiger partial charge in [-0.15, -0.1) is 11.3 Å². The Morgan fingerprint density at radius 2 is 1.90 bits per heavy atom. The van der Waals surface area contributed by atoms with E-state index in [1.54, 1.807) is 36.4 Å². The first-order chi connectivity index (χ1) is 9.89. The van der Waals surface area contributed by atoms with E-state index >= 15 is 0 Å². The third-order valence-electron chi connectivity index (χ3n) is 2.70. The summed E-state index contributed by atoms with van der Waals surface area (Å²) in [6, 6.07) is 10.2. The summed E-state index contributed by atoms with van der Waals surface area (Å²) >= 11 is 10.2. The van der Waals surface area contributed by atoms with E-state index in [9.17, 15) is 8.42 Å². The van der Waals surface area contributed by atoms with Crippen molar-refractivity contribution >= 4 is 48.9 Å². The fourth-order valence-electron chi connectivity index (χ4n) is 1.53. The Kier molecular flexibility index (Phi) is 5.67. The molecule has 0 radical (unpaired) electrons. The lowest BCUT2D eigenvalue weighted by atomic mass is 10.3. The molecular weight excluding hydrogens is 398 g/mol. The number of thiophene rings is 1. The molecule has 0 bridgehead atoms. The van der Waals surface area contributed by atoms with Crippen LogP contribution >= 0.6 is 38.9 Å². The summed E-state index contributed by atoms with van der Waals surface area (Å²) in [5.74, 6) is 0.657. The highest BCUT2D eigenvalue weighted by Crippen LogP contribution is 2.27. The normalized spacial score (nSPS) is 11.8. The summed E-state index contributed by atoms with van der Waals surface area (Å²) in [6.45, 7) is 0.532. The van der Waals surface area contributed by atoms with Crippen LogP contribution in [0.25, 0.3) is 0 Å². The molecule has 0 amide bonds. The lowest BCUT2D eigenvalue weighted by Gasteiger charge is -2.16. The molecule has 1 heterocycles. The highest BCUT2D eigenvalue weighted by molar-refractivity contribution is 9.11. The van der Waals surface area contributed by atoms with Crippen molar-refractivity contribution in [1.82, 2.24) is 4.31 Å². The Bertz CT molecular complexity index is 700. The third-order valence-corrected chi connectivity index (χ3v) is 6.90. The summed E-state index contributed by atoms with van der Waals surface area (Å²) in [5.41, 5.74) is 0. The Labute approximate surface area is 141 Å². The van der Waals surface area contributed by atoms with Gasteiger partial charge in [0.05, 0.1) is 3.79 Å². The van der Waals surface area contributed by atoms with Crippen LogP contribution in [0.1, 0.15) is 0 Å². The topological polar surface area (TPSA) is 46.6 Å². The minimum absolute atomic E-state index is 0.264. The maximum Gasteiger partial charge on any atom is 0.252 e. The molecular formula is C13H13BrClNO3S2. The molecule has 8 heteroatoms. The number of benzene rings is 1. The molecule has 0 fully saturated rings. The highest BCUT2D eigenvalue weighted by Gasteiger charge is 2.22. The van der Waals surface area contributed by atoms with Crippen LogP contribution in [-0.4, -0.2) is 32.9 Å². The van der Waals surface area contributed by atoms with E-state index in [0.29, 0.717) is 15.0 Å².